The van der Waals surface area contributed by atoms with Crippen molar-refractivity contribution in [2.45, 2.75) is 207 Å². The van der Waals surface area contributed by atoms with Gasteiger partial charge in [0.2, 0.25) is 0 Å². The molecule has 5 heteroatoms. The molecule has 0 spiro atoms. The van der Waals surface area contributed by atoms with Gasteiger partial charge in [0.15, 0.2) is 6.10 Å². The van der Waals surface area contributed by atoms with Crippen LogP contribution in [0.1, 0.15) is 201 Å². The molecular weight excluding hydrogens is 669 g/mol. The average molecular weight is 753 g/mol. The molecule has 310 valence electrons. The highest BCUT2D eigenvalue weighted by molar-refractivity contribution is 5.70. The maximum Gasteiger partial charge on any atom is 0.306 e. The van der Waals surface area contributed by atoms with Gasteiger partial charge in [0, 0.05) is 19.4 Å². The molecule has 1 atom stereocenters. The molecule has 0 heterocycles. The van der Waals surface area contributed by atoms with E-state index in [1.165, 1.54) is 83.5 Å². The van der Waals surface area contributed by atoms with Gasteiger partial charge >= 0.3 is 11.9 Å². The molecule has 0 aliphatic rings. The minimum absolute atomic E-state index is 0.0507. The van der Waals surface area contributed by atoms with Gasteiger partial charge in [0.25, 0.3) is 0 Å². The summed E-state index contributed by atoms with van der Waals surface area (Å²) in [4.78, 5) is 25.1. The zero-order chi connectivity index (χ0) is 39.3. The summed E-state index contributed by atoms with van der Waals surface area (Å²) in [5.74, 6) is -0.480. The van der Waals surface area contributed by atoms with Crippen molar-refractivity contribution in [1.82, 2.24) is 0 Å². The van der Waals surface area contributed by atoms with Crippen LogP contribution < -0.4 is 0 Å². The number of ether oxygens (including phenoxy) is 3. The third-order valence-corrected chi connectivity index (χ3v) is 9.23. The van der Waals surface area contributed by atoms with Gasteiger partial charge < -0.3 is 14.2 Å². The standard InChI is InChI=1S/C49H84O5/c1-4-7-10-13-16-18-20-22-24-25-27-28-30-32-34-36-39-42-48(50)53-46-47(45-52-44-41-38-15-12-9-6-3)54-49(51)43-40-37-35-33-31-29-26-23-21-19-17-14-11-8-5-2/h7,10,16,18,22-24,26-28,32,34,47H,4-6,8-9,11-15,17,19-21,25,29-31,33,35-46H2,1-3H3/b10-7-,18-16-,24-22-,26-23-,28-27-,34-32-. The van der Waals surface area contributed by atoms with Crippen molar-refractivity contribution < 1.29 is 23.8 Å². The molecule has 0 aromatic heterocycles. The first-order chi connectivity index (χ1) is 26.6. The van der Waals surface area contributed by atoms with E-state index in [0.717, 1.165) is 83.5 Å². The highest BCUT2D eigenvalue weighted by Crippen LogP contribution is 2.12. The molecule has 1 unspecified atom stereocenters. The lowest BCUT2D eigenvalue weighted by molar-refractivity contribution is -0.163. The fourth-order valence-corrected chi connectivity index (χ4v) is 5.89. The van der Waals surface area contributed by atoms with Gasteiger partial charge in [0.1, 0.15) is 6.61 Å². The second-order valence-corrected chi connectivity index (χ2v) is 14.6. The van der Waals surface area contributed by atoms with Crippen LogP contribution in [0.3, 0.4) is 0 Å². The summed E-state index contributed by atoms with van der Waals surface area (Å²) in [5, 5.41) is 0. The Morgan fingerprint density at radius 3 is 1.41 bits per heavy atom. The Balaban J connectivity index is 4.24. The Morgan fingerprint density at radius 2 is 0.852 bits per heavy atom. The molecule has 0 aliphatic heterocycles. The Bertz CT molecular complexity index is 988. The fraction of sp³-hybridized carbons (Fsp3) is 0.714. The van der Waals surface area contributed by atoms with Crippen molar-refractivity contribution in [2.75, 3.05) is 19.8 Å². The van der Waals surface area contributed by atoms with Crippen LogP contribution in [-0.4, -0.2) is 37.9 Å². The Morgan fingerprint density at radius 1 is 0.426 bits per heavy atom. The van der Waals surface area contributed by atoms with E-state index < -0.39 is 6.10 Å². The number of hydrogen-bond acceptors (Lipinski definition) is 5. The van der Waals surface area contributed by atoms with Gasteiger partial charge in [-0.1, -0.05) is 177 Å². The molecule has 0 amide bonds. The van der Waals surface area contributed by atoms with Crippen LogP contribution in [0.25, 0.3) is 0 Å². The topological polar surface area (TPSA) is 61.8 Å². The number of unbranched alkanes of at least 4 members (excludes halogenated alkanes) is 17. The first-order valence-electron chi connectivity index (χ1n) is 22.5. The molecule has 5 nitrogen and oxygen atoms in total. The van der Waals surface area contributed by atoms with Crippen LogP contribution in [-0.2, 0) is 23.8 Å². The smallest absolute Gasteiger partial charge is 0.306 e. The van der Waals surface area contributed by atoms with Crippen molar-refractivity contribution in [2.24, 2.45) is 0 Å². The summed E-state index contributed by atoms with van der Waals surface area (Å²) in [6, 6.07) is 0. The lowest BCUT2D eigenvalue weighted by atomic mass is 10.1. The maximum atomic E-state index is 12.7. The molecule has 0 bridgehead atoms. The van der Waals surface area contributed by atoms with Crippen molar-refractivity contribution in [3.8, 4) is 0 Å². The van der Waals surface area contributed by atoms with E-state index in [-0.39, 0.29) is 25.2 Å². The minimum Gasteiger partial charge on any atom is -0.462 e. The van der Waals surface area contributed by atoms with Crippen LogP contribution in [0.2, 0.25) is 0 Å². The summed E-state index contributed by atoms with van der Waals surface area (Å²) in [7, 11) is 0. The fourth-order valence-electron chi connectivity index (χ4n) is 5.89. The van der Waals surface area contributed by atoms with Gasteiger partial charge in [-0.3, -0.25) is 9.59 Å². The van der Waals surface area contributed by atoms with Gasteiger partial charge in [-0.05, 0) is 83.5 Å². The van der Waals surface area contributed by atoms with Gasteiger partial charge in [-0.25, -0.2) is 0 Å². The van der Waals surface area contributed by atoms with Crippen LogP contribution >= 0.6 is 0 Å². The SMILES string of the molecule is CC/C=C\C/C=C\C/C=C\C/C=C\C/C=C\CCCC(=O)OCC(COCCCCCCCC)OC(=O)CCCCCCC/C=C\CCCCCCCC. The van der Waals surface area contributed by atoms with E-state index in [0.29, 0.717) is 19.4 Å². The van der Waals surface area contributed by atoms with Crippen molar-refractivity contribution >= 4 is 11.9 Å². The lowest BCUT2D eigenvalue weighted by Gasteiger charge is -2.18. The predicted octanol–water partition coefficient (Wildman–Crippen LogP) is 14.8. The molecule has 0 rings (SSSR count). The molecule has 0 aliphatic carbocycles. The van der Waals surface area contributed by atoms with E-state index in [4.69, 9.17) is 14.2 Å². The lowest BCUT2D eigenvalue weighted by Crippen LogP contribution is -2.30. The zero-order valence-electron chi connectivity index (χ0n) is 35.5. The Labute approximate surface area is 334 Å². The monoisotopic (exact) mass is 753 g/mol. The largest absolute Gasteiger partial charge is 0.462 e. The summed E-state index contributed by atoms with van der Waals surface area (Å²) < 4.78 is 17.1. The quantitative estimate of drug-likeness (QED) is 0.0354. The van der Waals surface area contributed by atoms with Crippen LogP contribution in [0.15, 0.2) is 72.9 Å². The number of hydrogen-bond donors (Lipinski definition) is 0. The van der Waals surface area contributed by atoms with Gasteiger partial charge in [-0.2, -0.15) is 0 Å². The number of carbonyl (C=O) groups is 2. The highest BCUT2D eigenvalue weighted by atomic mass is 16.6. The molecule has 54 heavy (non-hydrogen) atoms. The third kappa shape index (κ3) is 42.1. The number of carbonyl (C=O) groups excluding carboxylic acids is 2. The summed E-state index contributed by atoms with van der Waals surface area (Å²) >= 11 is 0. The highest BCUT2D eigenvalue weighted by Gasteiger charge is 2.17. The van der Waals surface area contributed by atoms with Crippen molar-refractivity contribution in [3.63, 3.8) is 0 Å². The summed E-state index contributed by atoms with van der Waals surface area (Å²) in [6.45, 7) is 7.59. The van der Waals surface area contributed by atoms with E-state index in [1.807, 2.05) is 0 Å². The van der Waals surface area contributed by atoms with E-state index in [1.54, 1.807) is 0 Å². The molecule has 0 saturated carbocycles. The number of esters is 2. The summed E-state index contributed by atoms with van der Waals surface area (Å²) in [5.41, 5.74) is 0. The van der Waals surface area contributed by atoms with E-state index in [2.05, 4.69) is 93.7 Å². The van der Waals surface area contributed by atoms with Gasteiger partial charge in [0.05, 0.1) is 6.61 Å². The van der Waals surface area contributed by atoms with Crippen LogP contribution in [0.4, 0.5) is 0 Å². The zero-order valence-corrected chi connectivity index (χ0v) is 35.5. The Kier molecular flexibility index (Phi) is 42.5. The van der Waals surface area contributed by atoms with Crippen molar-refractivity contribution in [3.05, 3.63) is 72.9 Å². The molecule has 0 saturated heterocycles. The third-order valence-electron chi connectivity index (χ3n) is 9.23. The number of allylic oxidation sites excluding steroid dienone is 12. The first kappa shape index (κ1) is 51.3. The molecule has 0 aromatic carbocycles. The normalized spacial score (nSPS) is 12.9. The molecular formula is C49H84O5. The predicted molar refractivity (Wildman–Crippen MR) is 233 cm³/mol. The average Bonchev–Trinajstić information content (AvgIpc) is 3.17. The van der Waals surface area contributed by atoms with E-state index in [9.17, 15) is 9.59 Å². The van der Waals surface area contributed by atoms with E-state index >= 15 is 0 Å². The van der Waals surface area contributed by atoms with Crippen molar-refractivity contribution in [1.29, 1.82) is 0 Å². The molecule has 0 aromatic rings. The minimum atomic E-state index is -0.560. The van der Waals surface area contributed by atoms with Gasteiger partial charge in [-0.15, -0.1) is 0 Å². The maximum absolute atomic E-state index is 12.7. The van der Waals surface area contributed by atoms with Crippen LogP contribution in [0.5, 0.6) is 0 Å². The molecule has 0 N–H and O–H groups in total. The number of rotatable bonds is 40. The Hall–Kier alpha value is -2.66. The summed E-state index contributed by atoms with van der Waals surface area (Å²) in [6.07, 6.45) is 56.3. The second-order valence-electron chi connectivity index (χ2n) is 14.6. The second kappa shape index (κ2) is 44.7. The first-order valence-corrected chi connectivity index (χ1v) is 22.5. The molecule has 0 radical (unpaired) electrons. The van der Waals surface area contributed by atoms with Crippen LogP contribution in [0, 0.1) is 0 Å². The molecule has 0 fully saturated rings.